The molecule has 16 heavy (non-hydrogen) atoms. The Morgan fingerprint density at radius 1 is 1.56 bits per heavy atom. The van der Waals surface area contributed by atoms with Gasteiger partial charge in [-0.05, 0) is 25.3 Å². The number of anilines is 1. The van der Waals surface area contributed by atoms with E-state index in [9.17, 15) is 0 Å². The predicted octanol–water partition coefficient (Wildman–Crippen LogP) is 1.84. The van der Waals surface area contributed by atoms with Crippen LogP contribution in [0.25, 0.3) is 0 Å². The van der Waals surface area contributed by atoms with E-state index in [0.717, 1.165) is 30.6 Å². The zero-order valence-electron chi connectivity index (χ0n) is 10.0. The molecule has 0 saturated carbocycles. The van der Waals surface area contributed by atoms with Crippen molar-refractivity contribution in [2.75, 3.05) is 24.5 Å². The molecule has 1 fully saturated rings. The summed E-state index contributed by atoms with van der Waals surface area (Å²) in [7, 11) is 0. The van der Waals surface area contributed by atoms with Crippen molar-refractivity contribution < 1.29 is 0 Å². The van der Waals surface area contributed by atoms with Gasteiger partial charge in [0.15, 0.2) is 0 Å². The molecule has 0 bridgehead atoms. The van der Waals surface area contributed by atoms with Gasteiger partial charge in [0.05, 0.1) is 0 Å². The van der Waals surface area contributed by atoms with Crippen molar-refractivity contribution in [1.82, 2.24) is 9.36 Å². The van der Waals surface area contributed by atoms with Crippen molar-refractivity contribution in [3.8, 4) is 0 Å². The van der Waals surface area contributed by atoms with Gasteiger partial charge < -0.3 is 10.6 Å². The number of piperidine rings is 1. The second kappa shape index (κ2) is 5.10. The molecule has 0 aliphatic carbocycles. The zero-order chi connectivity index (χ0) is 11.5. The molecule has 1 unspecified atom stereocenters. The van der Waals surface area contributed by atoms with E-state index in [1.54, 1.807) is 0 Å². The van der Waals surface area contributed by atoms with Crippen molar-refractivity contribution >= 4 is 16.7 Å². The summed E-state index contributed by atoms with van der Waals surface area (Å²) >= 11 is 1.52. The van der Waals surface area contributed by atoms with Gasteiger partial charge in [0.1, 0.15) is 5.82 Å². The van der Waals surface area contributed by atoms with Gasteiger partial charge >= 0.3 is 0 Å². The summed E-state index contributed by atoms with van der Waals surface area (Å²) in [5.41, 5.74) is 5.74. The molecule has 1 atom stereocenters. The summed E-state index contributed by atoms with van der Waals surface area (Å²) in [5.74, 6) is 2.01. The Morgan fingerprint density at radius 3 is 3.00 bits per heavy atom. The SMILES string of the molecule is CC(C)c1nsc(N2CCCC(CN)C2)n1. The Kier molecular flexibility index (Phi) is 3.76. The van der Waals surface area contributed by atoms with Crippen LogP contribution in [-0.2, 0) is 0 Å². The molecule has 1 aromatic rings. The monoisotopic (exact) mass is 240 g/mol. The summed E-state index contributed by atoms with van der Waals surface area (Å²) < 4.78 is 4.40. The summed E-state index contributed by atoms with van der Waals surface area (Å²) in [6.45, 7) is 7.19. The lowest BCUT2D eigenvalue weighted by atomic mass is 9.99. The molecule has 0 amide bonds. The van der Waals surface area contributed by atoms with Gasteiger partial charge in [-0.25, -0.2) is 4.98 Å². The maximum atomic E-state index is 5.74. The maximum absolute atomic E-state index is 5.74. The average Bonchev–Trinajstić information content (AvgIpc) is 2.78. The van der Waals surface area contributed by atoms with Crippen LogP contribution in [0.15, 0.2) is 0 Å². The molecular formula is C11H20N4S. The summed E-state index contributed by atoms with van der Waals surface area (Å²) in [4.78, 5) is 6.93. The van der Waals surface area contributed by atoms with E-state index < -0.39 is 0 Å². The number of rotatable bonds is 3. The smallest absolute Gasteiger partial charge is 0.205 e. The molecule has 2 rings (SSSR count). The van der Waals surface area contributed by atoms with Gasteiger partial charge in [-0.15, -0.1) is 0 Å². The molecule has 1 aromatic heterocycles. The third-order valence-corrected chi connectivity index (χ3v) is 3.86. The molecule has 1 aliphatic rings. The third-order valence-electron chi connectivity index (χ3n) is 3.07. The highest BCUT2D eigenvalue weighted by Gasteiger charge is 2.21. The lowest BCUT2D eigenvalue weighted by Gasteiger charge is -2.31. The topological polar surface area (TPSA) is 55.0 Å². The fourth-order valence-electron chi connectivity index (χ4n) is 2.02. The van der Waals surface area contributed by atoms with Crippen molar-refractivity contribution in [2.24, 2.45) is 11.7 Å². The highest BCUT2D eigenvalue weighted by molar-refractivity contribution is 7.09. The van der Waals surface area contributed by atoms with Crippen LogP contribution in [0.2, 0.25) is 0 Å². The molecule has 5 heteroatoms. The molecule has 90 valence electrons. The summed E-state index contributed by atoms with van der Waals surface area (Å²) in [6.07, 6.45) is 2.47. The zero-order valence-corrected chi connectivity index (χ0v) is 10.8. The van der Waals surface area contributed by atoms with Crippen LogP contribution in [0.5, 0.6) is 0 Å². The van der Waals surface area contributed by atoms with Gasteiger partial charge in [0, 0.05) is 30.5 Å². The van der Waals surface area contributed by atoms with Crippen molar-refractivity contribution in [3.63, 3.8) is 0 Å². The first kappa shape index (κ1) is 11.8. The number of hydrogen-bond acceptors (Lipinski definition) is 5. The normalized spacial score (nSPS) is 21.8. The van der Waals surface area contributed by atoms with Gasteiger partial charge in [0.25, 0.3) is 0 Å². The Bertz CT molecular complexity index is 336. The van der Waals surface area contributed by atoms with Crippen LogP contribution >= 0.6 is 11.5 Å². The highest BCUT2D eigenvalue weighted by Crippen LogP contribution is 2.25. The van der Waals surface area contributed by atoms with E-state index in [-0.39, 0.29) is 0 Å². The Balaban J connectivity index is 2.05. The van der Waals surface area contributed by atoms with E-state index in [0.29, 0.717) is 11.8 Å². The molecule has 0 radical (unpaired) electrons. The van der Waals surface area contributed by atoms with Crippen LogP contribution < -0.4 is 10.6 Å². The second-order valence-corrected chi connectivity index (χ2v) is 5.51. The first-order valence-electron chi connectivity index (χ1n) is 5.99. The van der Waals surface area contributed by atoms with Crippen molar-refractivity contribution in [2.45, 2.75) is 32.6 Å². The van der Waals surface area contributed by atoms with E-state index in [1.165, 1.54) is 24.4 Å². The van der Waals surface area contributed by atoms with Crippen LogP contribution in [0.3, 0.4) is 0 Å². The molecule has 0 aromatic carbocycles. The fraction of sp³-hybridized carbons (Fsp3) is 0.818. The average molecular weight is 240 g/mol. The standard InChI is InChI=1S/C11H20N4S/c1-8(2)10-13-11(16-14-10)15-5-3-4-9(6-12)7-15/h8-9H,3-7,12H2,1-2H3. The van der Waals surface area contributed by atoms with Gasteiger partial charge in [-0.1, -0.05) is 13.8 Å². The van der Waals surface area contributed by atoms with Crippen LogP contribution in [0, 0.1) is 5.92 Å². The number of nitrogens with two attached hydrogens (primary N) is 1. The number of nitrogens with zero attached hydrogens (tertiary/aromatic N) is 3. The third kappa shape index (κ3) is 2.52. The van der Waals surface area contributed by atoms with Crippen LogP contribution in [-0.4, -0.2) is 29.0 Å². The van der Waals surface area contributed by atoms with E-state index in [1.807, 2.05) is 0 Å². The maximum Gasteiger partial charge on any atom is 0.205 e. The molecule has 1 saturated heterocycles. The molecule has 1 aliphatic heterocycles. The molecule has 2 N–H and O–H groups in total. The Morgan fingerprint density at radius 2 is 2.38 bits per heavy atom. The minimum absolute atomic E-state index is 0.417. The van der Waals surface area contributed by atoms with Gasteiger partial charge in [-0.2, -0.15) is 4.37 Å². The van der Waals surface area contributed by atoms with Gasteiger partial charge in [-0.3, -0.25) is 0 Å². The lowest BCUT2D eigenvalue weighted by molar-refractivity contribution is 0.423. The highest BCUT2D eigenvalue weighted by atomic mass is 32.1. The van der Waals surface area contributed by atoms with Crippen LogP contribution in [0.4, 0.5) is 5.13 Å². The number of hydrogen-bond donors (Lipinski definition) is 1. The quantitative estimate of drug-likeness (QED) is 0.876. The fourth-order valence-corrected chi connectivity index (χ4v) is 2.86. The minimum atomic E-state index is 0.417. The van der Waals surface area contributed by atoms with Crippen LogP contribution in [0.1, 0.15) is 38.4 Å². The molecular weight excluding hydrogens is 220 g/mol. The van der Waals surface area contributed by atoms with Gasteiger partial charge in [0.2, 0.25) is 5.13 Å². The summed E-state index contributed by atoms with van der Waals surface area (Å²) in [5, 5.41) is 1.07. The van der Waals surface area contributed by atoms with Crippen molar-refractivity contribution in [3.05, 3.63) is 5.82 Å². The first-order valence-corrected chi connectivity index (χ1v) is 6.76. The van der Waals surface area contributed by atoms with E-state index >= 15 is 0 Å². The van der Waals surface area contributed by atoms with E-state index in [2.05, 4.69) is 28.1 Å². The number of aromatic nitrogens is 2. The minimum Gasteiger partial charge on any atom is -0.347 e. The Hall–Kier alpha value is -0.680. The Labute approximate surface area is 101 Å². The van der Waals surface area contributed by atoms with Crippen molar-refractivity contribution in [1.29, 1.82) is 0 Å². The first-order chi connectivity index (χ1) is 7.70. The second-order valence-electron chi connectivity index (χ2n) is 4.78. The lowest BCUT2D eigenvalue weighted by Crippen LogP contribution is -2.38. The predicted molar refractivity (Wildman–Crippen MR) is 68.0 cm³/mol. The van der Waals surface area contributed by atoms with E-state index in [4.69, 9.17) is 5.73 Å². The molecule has 4 nitrogen and oxygen atoms in total. The molecule has 2 heterocycles. The summed E-state index contributed by atoms with van der Waals surface area (Å²) in [6, 6.07) is 0. The largest absolute Gasteiger partial charge is 0.347 e. The molecule has 0 spiro atoms.